The van der Waals surface area contributed by atoms with E-state index in [1.54, 1.807) is 0 Å². The van der Waals surface area contributed by atoms with Gasteiger partial charge in [0.1, 0.15) is 5.82 Å². The van der Waals surface area contributed by atoms with E-state index in [0.717, 1.165) is 18.5 Å². The van der Waals surface area contributed by atoms with Crippen LogP contribution in [-0.2, 0) is 6.54 Å². The molecular weight excluding hydrogens is 263 g/mol. The molecule has 2 aliphatic rings. The predicted octanol–water partition coefficient (Wildman–Crippen LogP) is 3.57. The molecule has 2 heterocycles. The molecule has 0 aromatic heterocycles. The molecule has 0 radical (unpaired) electrons. The average molecular weight is 287 g/mol. The summed E-state index contributed by atoms with van der Waals surface area (Å²) < 4.78 is 15.4. The Morgan fingerprint density at radius 3 is 2.43 bits per heavy atom. The number of hydrogen-bond donors (Lipinski definition) is 0. The Labute approximate surface area is 126 Å². The Morgan fingerprint density at radius 2 is 1.81 bits per heavy atom. The molecule has 0 N–H and O–H groups in total. The number of rotatable bonds is 3. The van der Waals surface area contributed by atoms with Gasteiger partial charge in [0.2, 0.25) is 0 Å². The van der Waals surface area contributed by atoms with Gasteiger partial charge in [0, 0.05) is 44.3 Å². The molecule has 3 rings (SSSR count). The standard InChI is InChI=1S/C18H24FN2/c1-18(2)13-17(20-10-3-4-11-20)9-12-21(18)14-15-5-7-16(19)8-6-15/h5-9,12H,3-4,10-11,13-14H2,1-2H3/q+1. The van der Waals surface area contributed by atoms with Gasteiger partial charge in [-0.25, -0.2) is 8.97 Å². The minimum atomic E-state index is -0.170. The third-order valence-electron chi connectivity index (χ3n) is 4.62. The lowest BCUT2D eigenvalue weighted by Gasteiger charge is -2.31. The molecule has 3 heteroatoms. The van der Waals surface area contributed by atoms with Gasteiger partial charge in [0.25, 0.3) is 0 Å². The zero-order valence-electron chi connectivity index (χ0n) is 13.0. The number of nitrogens with zero attached hydrogens (tertiary/aromatic N) is 2. The Bertz CT molecular complexity index is 563. The second kappa shape index (κ2) is 5.63. The molecule has 0 unspecified atom stereocenters. The van der Waals surface area contributed by atoms with E-state index in [1.807, 2.05) is 12.1 Å². The minimum Gasteiger partial charge on any atom is -0.374 e. The number of allylic oxidation sites excluding steroid dienone is 1. The highest BCUT2D eigenvalue weighted by Crippen LogP contribution is 2.28. The highest BCUT2D eigenvalue weighted by molar-refractivity contribution is 5.68. The minimum absolute atomic E-state index is 0.0983. The van der Waals surface area contributed by atoms with E-state index < -0.39 is 0 Å². The molecule has 2 nitrogen and oxygen atoms in total. The zero-order chi connectivity index (χ0) is 14.9. The van der Waals surface area contributed by atoms with Gasteiger partial charge in [-0.2, -0.15) is 0 Å². The fraction of sp³-hybridized carbons (Fsp3) is 0.500. The number of benzene rings is 1. The zero-order valence-corrected chi connectivity index (χ0v) is 13.0. The van der Waals surface area contributed by atoms with Gasteiger partial charge in [0.05, 0.1) is 6.42 Å². The molecule has 1 fully saturated rings. The lowest BCUT2D eigenvalue weighted by molar-refractivity contribution is -0.612. The number of halogens is 1. The van der Waals surface area contributed by atoms with E-state index in [0.29, 0.717) is 0 Å². The summed E-state index contributed by atoms with van der Waals surface area (Å²) >= 11 is 0. The van der Waals surface area contributed by atoms with Crippen molar-refractivity contribution in [3.8, 4) is 0 Å². The van der Waals surface area contributed by atoms with Gasteiger partial charge in [-0.1, -0.05) is 0 Å². The lowest BCUT2D eigenvalue weighted by atomic mass is 9.93. The molecule has 0 spiro atoms. The summed E-state index contributed by atoms with van der Waals surface area (Å²) in [5, 5.41) is 0. The first-order valence-corrected chi connectivity index (χ1v) is 7.85. The first-order chi connectivity index (χ1) is 10.0. The number of likely N-dealkylation sites (tertiary alicyclic amines) is 1. The summed E-state index contributed by atoms with van der Waals surface area (Å²) in [4.78, 5) is 2.52. The van der Waals surface area contributed by atoms with E-state index in [-0.39, 0.29) is 11.4 Å². The molecule has 0 aliphatic carbocycles. The molecular formula is C18H24FN2+. The van der Waals surface area contributed by atoms with Crippen LogP contribution in [-0.4, -0.2) is 34.3 Å². The smallest absolute Gasteiger partial charge is 0.168 e. The summed E-state index contributed by atoms with van der Waals surface area (Å²) in [6.45, 7) is 7.81. The summed E-state index contributed by atoms with van der Waals surface area (Å²) in [5.74, 6) is -0.170. The Kier molecular flexibility index (Phi) is 3.83. The van der Waals surface area contributed by atoms with Crippen molar-refractivity contribution in [1.82, 2.24) is 4.90 Å². The monoisotopic (exact) mass is 287 g/mol. The quantitative estimate of drug-likeness (QED) is 0.770. The maximum absolute atomic E-state index is 13.0. The second-order valence-electron chi connectivity index (χ2n) is 6.74. The Balaban J connectivity index is 1.78. The van der Waals surface area contributed by atoms with E-state index in [2.05, 4.69) is 35.6 Å². The SMILES string of the molecule is CC1(C)CC(N2CCCC2)=CC=[N+]1Cc1ccc(F)cc1. The van der Waals surface area contributed by atoms with Gasteiger partial charge >= 0.3 is 0 Å². The number of hydrogen-bond acceptors (Lipinski definition) is 1. The van der Waals surface area contributed by atoms with Crippen LogP contribution in [0.1, 0.15) is 38.7 Å². The van der Waals surface area contributed by atoms with Crippen molar-refractivity contribution in [2.75, 3.05) is 13.1 Å². The van der Waals surface area contributed by atoms with Crippen molar-refractivity contribution in [2.45, 2.75) is 45.2 Å². The van der Waals surface area contributed by atoms with E-state index >= 15 is 0 Å². The Morgan fingerprint density at radius 1 is 1.14 bits per heavy atom. The first kappa shape index (κ1) is 14.3. The van der Waals surface area contributed by atoms with E-state index in [9.17, 15) is 4.39 Å². The van der Waals surface area contributed by atoms with Crippen molar-refractivity contribution in [3.05, 3.63) is 47.4 Å². The predicted molar refractivity (Wildman–Crippen MR) is 84.0 cm³/mol. The summed E-state index contributed by atoms with van der Waals surface area (Å²) in [5.41, 5.74) is 2.72. The van der Waals surface area contributed by atoms with Crippen LogP contribution in [0.4, 0.5) is 4.39 Å². The summed E-state index contributed by atoms with van der Waals surface area (Å²) in [6.07, 6.45) is 8.18. The van der Waals surface area contributed by atoms with E-state index in [1.165, 1.54) is 43.8 Å². The molecule has 0 amide bonds. The third-order valence-corrected chi connectivity index (χ3v) is 4.62. The molecule has 112 valence electrons. The normalized spacial score (nSPS) is 21.2. The van der Waals surface area contributed by atoms with Crippen LogP contribution < -0.4 is 0 Å². The van der Waals surface area contributed by atoms with Crippen molar-refractivity contribution >= 4 is 6.21 Å². The molecule has 0 saturated carbocycles. The Hall–Kier alpha value is -1.64. The van der Waals surface area contributed by atoms with Crippen molar-refractivity contribution in [3.63, 3.8) is 0 Å². The highest BCUT2D eigenvalue weighted by atomic mass is 19.1. The fourth-order valence-electron chi connectivity index (χ4n) is 3.26. The molecule has 2 aliphatic heterocycles. The van der Waals surface area contributed by atoms with Crippen molar-refractivity contribution in [1.29, 1.82) is 0 Å². The molecule has 21 heavy (non-hydrogen) atoms. The highest BCUT2D eigenvalue weighted by Gasteiger charge is 2.35. The van der Waals surface area contributed by atoms with Crippen LogP contribution in [0.15, 0.2) is 36.0 Å². The third kappa shape index (κ3) is 3.17. The van der Waals surface area contributed by atoms with Gasteiger partial charge in [-0.3, -0.25) is 0 Å². The summed E-state index contributed by atoms with van der Waals surface area (Å²) in [6, 6.07) is 6.83. The van der Waals surface area contributed by atoms with Crippen LogP contribution >= 0.6 is 0 Å². The molecule has 1 aromatic rings. The van der Waals surface area contributed by atoms with Gasteiger partial charge in [-0.05, 0) is 37.1 Å². The topological polar surface area (TPSA) is 6.25 Å². The van der Waals surface area contributed by atoms with Gasteiger partial charge < -0.3 is 4.90 Å². The van der Waals surface area contributed by atoms with Gasteiger partial charge in [0.15, 0.2) is 18.3 Å². The van der Waals surface area contributed by atoms with Crippen molar-refractivity contribution < 1.29 is 8.97 Å². The molecule has 0 atom stereocenters. The molecule has 0 bridgehead atoms. The van der Waals surface area contributed by atoms with Crippen LogP contribution in [0, 0.1) is 5.82 Å². The largest absolute Gasteiger partial charge is 0.374 e. The maximum atomic E-state index is 13.0. The van der Waals surface area contributed by atoms with Crippen LogP contribution in [0.2, 0.25) is 0 Å². The maximum Gasteiger partial charge on any atom is 0.168 e. The van der Waals surface area contributed by atoms with Crippen LogP contribution in [0.5, 0.6) is 0 Å². The van der Waals surface area contributed by atoms with Crippen LogP contribution in [0.3, 0.4) is 0 Å². The van der Waals surface area contributed by atoms with E-state index in [4.69, 9.17) is 0 Å². The lowest BCUT2D eigenvalue weighted by Crippen LogP contribution is -2.41. The van der Waals surface area contributed by atoms with Crippen molar-refractivity contribution in [2.24, 2.45) is 0 Å². The van der Waals surface area contributed by atoms with Gasteiger partial charge in [-0.15, -0.1) is 0 Å². The second-order valence-corrected chi connectivity index (χ2v) is 6.74. The average Bonchev–Trinajstić information content (AvgIpc) is 2.97. The van der Waals surface area contributed by atoms with Crippen LogP contribution in [0.25, 0.3) is 0 Å². The molecule has 1 saturated heterocycles. The first-order valence-electron chi connectivity index (χ1n) is 7.85. The fourth-order valence-corrected chi connectivity index (χ4v) is 3.26. The molecule has 1 aromatic carbocycles. The summed E-state index contributed by atoms with van der Waals surface area (Å²) in [7, 11) is 0.